The first kappa shape index (κ1) is 7.72. The molecule has 0 radical (unpaired) electrons. The molecule has 1 heterocycles. The maximum atomic E-state index is 5.11. The molecule has 0 N–H and O–H groups in total. The van der Waals surface area contributed by atoms with E-state index in [0.717, 1.165) is 0 Å². The molecule has 3 nitrogen and oxygen atoms in total. The molecule has 0 unspecified atom stereocenters. The van der Waals surface area contributed by atoms with Crippen LogP contribution >= 0.6 is 0 Å². The molecule has 0 atom stereocenters. The van der Waals surface area contributed by atoms with Gasteiger partial charge in [-0.3, -0.25) is 0 Å². The molecule has 10 heavy (non-hydrogen) atoms. The average Bonchev–Trinajstić information content (AvgIpc) is 2.17. The number of ether oxygens (including phenoxy) is 3. The van der Waals surface area contributed by atoms with Crippen molar-refractivity contribution in [3.63, 3.8) is 0 Å². The van der Waals surface area contributed by atoms with E-state index in [1.54, 1.807) is 0 Å². The van der Waals surface area contributed by atoms with Crippen LogP contribution in [-0.2, 0) is 14.2 Å². The highest BCUT2D eigenvalue weighted by Crippen LogP contribution is 2.01. The van der Waals surface area contributed by atoms with E-state index in [1.807, 2.05) is 19.1 Å². The van der Waals surface area contributed by atoms with Crippen LogP contribution in [0.1, 0.15) is 6.92 Å². The molecule has 0 amide bonds. The van der Waals surface area contributed by atoms with Gasteiger partial charge in [0.05, 0.1) is 13.2 Å². The summed E-state index contributed by atoms with van der Waals surface area (Å²) in [6.07, 6.45) is 3.83. The molecule has 3 heteroatoms. The Morgan fingerprint density at radius 3 is 2.50 bits per heavy atom. The van der Waals surface area contributed by atoms with Crippen molar-refractivity contribution >= 4 is 0 Å². The van der Waals surface area contributed by atoms with Crippen molar-refractivity contribution in [1.82, 2.24) is 0 Å². The minimum atomic E-state index is -0.472. The normalized spacial score (nSPS) is 20.9. The maximum absolute atomic E-state index is 5.11. The SMILES string of the molecule is CCOC1OCC=CCO1. The van der Waals surface area contributed by atoms with Gasteiger partial charge in [-0.15, -0.1) is 0 Å². The van der Waals surface area contributed by atoms with Crippen molar-refractivity contribution in [2.75, 3.05) is 19.8 Å². The van der Waals surface area contributed by atoms with E-state index in [-0.39, 0.29) is 0 Å². The van der Waals surface area contributed by atoms with Crippen LogP contribution in [0.2, 0.25) is 0 Å². The average molecular weight is 144 g/mol. The molecular formula is C7H12O3. The summed E-state index contributed by atoms with van der Waals surface area (Å²) >= 11 is 0. The second-order valence-corrected chi connectivity index (χ2v) is 1.88. The lowest BCUT2D eigenvalue weighted by Crippen LogP contribution is -2.19. The molecule has 0 fully saturated rings. The highest BCUT2D eigenvalue weighted by Gasteiger charge is 2.08. The molecule has 1 aliphatic rings. The minimum Gasteiger partial charge on any atom is -0.330 e. The molecule has 0 aromatic heterocycles. The van der Waals surface area contributed by atoms with Crippen molar-refractivity contribution in [2.24, 2.45) is 0 Å². The summed E-state index contributed by atoms with van der Waals surface area (Å²) in [5, 5.41) is 0. The van der Waals surface area contributed by atoms with E-state index in [4.69, 9.17) is 14.2 Å². The fourth-order valence-corrected chi connectivity index (χ4v) is 0.685. The van der Waals surface area contributed by atoms with Gasteiger partial charge in [0.2, 0.25) is 0 Å². The van der Waals surface area contributed by atoms with Crippen molar-refractivity contribution in [3.8, 4) is 0 Å². The van der Waals surface area contributed by atoms with Gasteiger partial charge < -0.3 is 14.2 Å². The zero-order valence-electron chi connectivity index (χ0n) is 6.08. The molecule has 0 aliphatic carbocycles. The fraction of sp³-hybridized carbons (Fsp3) is 0.714. The lowest BCUT2D eigenvalue weighted by Gasteiger charge is -2.13. The first-order valence-corrected chi connectivity index (χ1v) is 3.43. The first-order chi connectivity index (χ1) is 4.93. The quantitative estimate of drug-likeness (QED) is 0.539. The number of hydrogen-bond acceptors (Lipinski definition) is 3. The molecule has 1 rings (SSSR count). The zero-order valence-corrected chi connectivity index (χ0v) is 6.08. The lowest BCUT2D eigenvalue weighted by atomic mass is 10.5. The predicted octanol–water partition coefficient (Wildman–Crippen LogP) is 0.909. The van der Waals surface area contributed by atoms with Gasteiger partial charge in [-0.05, 0) is 6.92 Å². The Bertz CT molecular complexity index is 101. The van der Waals surface area contributed by atoms with E-state index < -0.39 is 6.48 Å². The third-order valence-electron chi connectivity index (χ3n) is 1.13. The van der Waals surface area contributed by atoms with E-state index in [1.165, 1.54) is 0 Å². The van der Waals surface area contributed by atoms with Gasteiger partial charge in [-0.1, -0.05) is 12.2 Å². The fourth-order valence-electron chi connectivity index (χ4n) is 0.685. The van der Waals surface area contributed by atoms with Crippen molar-refractivity contribution < 1.29 is 14.2 Å². The molecule has 0 aromatic rings. The molecule has 0 bridgehead atoms. The second kappa shape index (κ2) is 4.44. The molecule has 0 saturated carbocycles. The van der Waals surface area contributed by atoms with Gasteiger partial charge >= 0.3 is 0 Å². The van der Waals surface area contributed by atoms with Gasteiger partial charge in [0.15, 0.2) is 0 Å². The summed E-state index contributed by atoms with van der Waals surface area (Å²) < 4.78 is 15.3. The first-order valence-electron chi connectivity index (χ1n) is 3.43. The summed E-state index contributed by atoms with van der Waals surface area (Å²) in [6.45, 7) is 3.20. The Hall–Kier alpha value is -0.380. The highest BCUT2D eigenvalue weighted by atomic mass is 16.8. The van der Waals surface area contributed by atoms with Gasteiger partial charge in [0.25, 0.3) is 6.48 Å². The molecule has 0 spiro atoms. The van der Waals surface area contributed by atoms with Crippen LogP contribution in [0.5, 0.6) is 0 Å². The van der Waals surface area contributed by atoms with Crippen LogP contribution in [0.15, 0.2) is 12.2 Å². The summed E-state index contributed by atoms with van der Waals surface area (Å²) in [6, 6.07) is 0. The third kappa shape index (κ3) is 2.47. The van der Waals surface area contributed by atoms with Crippen LogP contribution in [0, 0.1) is 0 Å². The summed E-state index contributed by atoms with van der Waals surface area (Å²) in [4.78, 5) is 0. The largest absolute Gasteiger partial charge is 0.330 e. The standard InChI is InChI=1S/C7H12O3/c1-2-8-7-9-5-3-4-6-10-7/h3-4,7H,2,5-6H2,1H3. The predicted molar refractivity (Wildman–Crippen MR) is 36.5 cm³/mol. The summed E-state index contributed by atoms with van der Waals surface area (Å²) in [7, 11) is 0. The Labute approximate surface area is 60.6 Å². The van der Waals surface area contributed by atoms with Gasteiger partial charge in [0.1, 0.15) is 0 Å². The summed E-state index contributed by atoms with van der Waals surface area (Å²) in [5.74, 6) is 0. The molecule has 0 saturated heterocycles. The van der Waals surface area contributed by atoms with E-state index in [9.17, 15) is 0 Å². The van der Waals surface area contributed by atoms with Crippen LogP contribution < -0.4 is 0 Å². The highest BCUT2D eigenvalue weighted by molar-refractivity contribution is 4.82. The Kier molecular flexibility index (Phi) is 3.43. The number of rotatable bonds is 2. The molecule has 0 aromatic carbocycles. The Morgan fingerprint density at radius 1 is 1.40 bits per heavy atom. The van der Waals surface area contributed by atoms with Crippen molar-refractivity contribution in [2.45, 2.75) is 13.4 Å². The van der Waals surface area contributed by atoms with Gasteiger partial charge in [-0.25, -0.2) is 0 Å². The zero-order chi connectivity index (χ0) is 7.23. The van der Waals surface area contributed by atoms with E-state index in [2.05, 4.69) is 0 Å². The van der Waals surface area contributed by atoms with Crippen LogP contribution in [0.3, 0.4) is 0 Å². The Morgan fingerprint density at radius 2 is 2.00 bits per heavy atom. The monoisotopic (exact) mass is 144 g/mol. The Balaban J connectivity index is 2.20. The minimum absolute atomic E-state index is 0.472. The number of hydrogen-bond donors (Lipinski definition) is 0. The van der Waals surface area contributed by atoms with Gasteiger partial charge in [-0.2, -0.15) is 0 Å². The smallest absolute Gasteiger partial charge is 0.272 e. The molecule has 1 aliphatic heterocycles. The third-order valence-corrected chi connectivity index (χ3v) is 1.13. The summed E-state index contributed by atoms with van der Waals surface area (Å²) in [5.41, 5.74) is 0. The van der Waals surface area contributed by atoms with Crippen LogP contribution in [0.25, 0.3) is 0 Å². The lowest BCUT2D eigenvalue weighted by molar-refractivity contribution is -0.274. The van der Waals surface area contributed by atoms with Crippen LogP contribution in [-0.4, -0.2) is 26.3 Å². The second-order valence-electron chi connectivity index (χ2n) is 1.88. The van der Waals surface area contributed by atoms with E-state index >= 15 is 0 Å². The maximum Gasteiger partial charge on any atom is 0.272 e. The molecule has 58 valence electrons. The molecular weight excluding hydrogens is 132 g/mol. The van der Waals surface area contributed by atoms with Crippen molar-refractivity contribution in [1.29, 1.82) is 0 Å². The van der Waals surface area contributed by atoms with Crippen molar-refractivity contribution in [3.05, 3.63) is 12.2 Å². The van der Waals surface area contributed by atoms with E-state index in [0.29, 0.717) is 19.8 Å². The van der Waals surface area contributed by atoms with Gasteiger partial charge in [0, 0.05) is 6.61 Å². The van der Waals surface area contributed by atoms with Crippen LogP contribution in [0.4, 0.5) is 0 Å². The topological polar surface area (TPSA) is 27.7 Å².